The van der Waals surface area contributed by atoms with Gasteiger partial charge in [-0.15, -0.1) is 0 Å². The molecule has 112 valence electrons. The van der Waals surface area contributed by atoms with Crippen molar-refractivity contribution in [3.05, 3.63) is 34.3 Å². The van der Waals surface area contributed by atoms with Crippen LogP contribution in [-0.4, -0.2) is 40.6 Å². The Kier molecular flexibility index (Phi) is 3.31. The zero-order chi connectivity index (χ0) is 15.3. The van der Waals surface area contributed by atoms with E-state index in [4.69, 9.17) is 5.11 Å². The van der Waals surface area contributed by atoms with Crippen LogP contribution in [0.4, 0.5) is 4.39 Å². The largest absolute Gasteiger partial charge is 0.479 e. The maximum Gasteiger partial charge on any atom is 0.343 e. The molecule has 1 saturated heterocycles. The third-order valence-electron chi connectivity index (χ3n) is 4.45. The lowest BCUT2D eigenvalue weighted by Gasteiger charge is -2.24. The zero-order valence-electron chi connectivity index (χ0n) is 11.3. The van der Waals surface area contributed by atoms with Crippen LogP contribution in [0.5, 0.6) is 0 Å². The summed E-state index contributed by atoms with van der Waals surface area (Å²) in [5, 5.41) is 8.92. The van der Waals surface area contributed by atoms with E-state index < -0.39 is 17.1 Å². The number of halogens is 2. The third kappa shape index (κ3) is 2.35. The SMILES string of the molecule is O=C(O)C1(F)CCN(C(=O)C2(c3ccc(Br)cc3)CC2)C1. The standard InChI is InChI=1S/C15H15BrFNO3/c16-11-3-1-10(2-4-11)14(5-6-14)12(19)18-8-7-15(17,9-18)13(20)21/h1-4H,5-9H2,(H,20,21). The van der Waals surface area contributed by atoms with Gasteiger partial charge in [0.2, 0.25) is 11.6 Å². The van der Waals surface area contributed by atoms with Gasteiger partial charge < -0.3 is 10.0 Å². The molecule has 1 saturated carbocycles. The third-order valence-corrected chi connectivity index (χ3v) is 4.97. The summed E-state index contributed by atoms with van der Waals surface area (Å²) in [6, 6.07) is 7.54. The first-order chi connectivity index (χ1) is 9.87. The van der Waals surface area contributed by atoms with Crippen LogP contribution >= 0.6 is 15.9 Å². The molecular weight excluding hydrogens is 341 g/mol. The number of aliphatic carboxylic acids is 1. The monoisotopic (exact) mass is 355 g/mol. The lowest BCUT2D eigenvalue weighted by molar-refractivity contribution is -0.150. The number of nitrogens with zero attached hydrogens (tertiary/aromatic N) is 1. The second-order valence-electron chi connectivity index (χ2n) is 5.84. The van der Waals surface area contributed by atoms with Crippen molar-refractivity contribution in [3.63, 3.8) is 0 Å². The fourth-order valence-electron chi connectivity index (χ4n) is 2.94. The van der Waals surface area contributed by atoms with Gasteiger partial charge in [0.1, 0.15) is 0 Å². The van der Waals surface area contributed by atoms with E-state index in [1.807, 2.05) is 24.3 Å². The highest BCUT2D eigenvalue weighted by Gasteiger charge is 2.56. The molecule has 1 unspecified atom stereocenters. The predicted octanol–water partition coefficient (Wildman–Crippen LogP) is 2.51. The number of carboxylic acid groups (broad SMARTS) is 1. The van der Waals surface area contributed by atoms with Crippen LogP contribution in [0.3, 0.4) is 0 Å². The molecule has 1 aromatic rings. The van der Waals surface area contributed by atoms with E-state index in [1.54, 1.807) is 0 Å². The topological polar surface area (TPSA) is 57.6 Å². The zero-order valence-corrected chi connectivity index (χ0v) is 12.9. The number of benzene rings is 1. The predicted molar refractivity (Wildman–Crippen MR) is 77.7 cm³/mol. The number of amides is 1. The number of alkyl halides is 1. The van der Waals surface area contributed by atoms with Crippen LogP contribution in [0.15, 0.2) is 28.7 Å². The van der Waals surface area contributed by atoms with E-state index in [-0.39, 0.29) is 25.4 Å². The number of carbonyl (C=O) groups excluding carboxylic acids is 1. The Balaban J connectivity index is 1.80. The Morgan fingerprint density at radius 1 is 1.19 bits per heavy atom. The van der Waals surface area contributed by atoms with Crippen LogP contribution in [0.25, 0.3) is 0 Å². The molecule has 4 nitrogen and oxygen atoms in total. The van der Waals surface area contributed by atoms with Crippen molar-refractivity contribution in [2.24, 2.45) is 0 Å². The average molecular weight is 356 g/mol. The van der Waals surface area contributed by atoms with E-state index >= 15 is 0 Å². The minimum absolute atomic E-state index is 0.134. The number of likely N-dealkylation sites (tertiary alicyclic amines) is 1. The van der Waals surface area contributed by atoms with Gasteiger partial charge in [-0.2, -0.15) is 0 Å². The van der Waals surface area contributed by atoms with Crippen molar-refractivity contribution >= 4 is 27.8 Å². The second-order valence-corrected chi connectivity index (χ2v) is 6.75. The summed E-state index contributed by atoms with van der Waals surface area (Å²) < 4.78 is 15.0. The van der Waals surface area contributed by atoms with Crippen molar-refractivity contribution in [3.8, 4) is 0 Å². The van der Waals surface area contributed by atoms with Crippen LogP contribution < -0.4 is 0 Å². The molecule has 0 radical (unpaired) electrons. The van der Waals surface area contributed by atoms with Crippen LogP contribution in [0.1, 0.15) is 24.8 Å². The maximum atomic E-state index is 14.1. The van der Waals surface area contributed by atoms with Gasteiger partial charge in [0, 0.05) is 17.4 Å². The highest BCUT2D eigenvalue weighted by molar-refractivity contribution is 9.10. The van der Waals surface area contributed by atoms with Crippen molar-refractivity contribution in [1.82, 2.24) is 4.90 Å². The molecule has 1 aliphatic carbocycles. The fourth-order valence-corrected chi connectivity index (χ4v) is 3.21. The van der Waals surface area contributed by atoms with E-state index in [0.29, 0.717) is 0 Å². The number of hydrogen-bond acceptors (Lipinski definition) is 2. The summed E-state index contributed by atoms with van der Waals surface area (Å²) in [5.41, 5.74) is -1.96. The first-order valence-electron chi connectivity index (χ1n) is 6.85. The van der Waals surface area contributed by atoms with E-state index in [0.717, 1.165) is 22.9 Å². The van der Waals surface area contributed by atoms with Gasteiger partial charge in [-0.1, -0.05) is 28.1 Å². The average Bonchev–Trinajstić information content (AvgIpc) is 3.16. The molecule has 2 fully saturated rings. The summed E-state index contributed by atoms with van der Waals surface area (Å²) in [7, 11) is 0. The minimum atomic E-state index is -2.30. The summed E-state index contributed by atoms with van der Waals surface area (Å²) in [6.45, 7) is -0.181. The second kappa shape index (κ2) is 4.80. The highest BCUT2D eigenvalue weighted by Crippen LogP contribution is 2.50. The summed E-state index contributed by atoms with van der Waals surface area (Å²) in [6.07, 6.45) is 1.33. The van der Waals surface area contributed by atoms with Gasteiger partial charge in [-0.05, 0) is 30.5 Å². The maximum absolute atomic E-state index is 14.1. The molecule has 1 aliphatic heterocycles. The molecule has 3 rings (SSSR count). The van der Waals surface area contributed by atoms with Gasteiger partial charge in [-0.25, -0.2) is 9.18 Å². The van der Waals surface area contributed by atoms with Crippen molar-refractivity contribution < 1.29 is 19.1 Å². The molecule has 1 aromatic carbocycles. The molecule has 21 heavy (non-hydrogen) atoms. The molecule has 1 amide bonds. The van der Waals surface area contributed by atoms with Crippen LogP contribution in [0, 0.1) is 0 Å². The fraction of sp³-hybridized carbons (Fsp3) is 0.467. The molecule has 0 spiro atoms. The first-order valence-corrected chi connectivity index (χ1v) is 7.64. The van der Waals surface area contributed by atoms with Crippen molar-refractivity contribution in [2.75, 3.05) is 13.1 Å². The molecular formula is C15H15BrFNO3. The Hall–Kier alpha value is -1.43. The number of hydrogen-bond donors (Lipinski definition) is 1. The Morgan fingerprint density at radius 2 is 1.81 bits per heavy atom. The van der Waals surface area contributed by atoms with Gasteiger partial charge in [0.15, 0.2) is 0 Å². The van der Waals surface area contributed by atoms with Crippen LogP contribution in [0.2, 0.25) is 0 Å². The molecule has 6 heteroatoms. The lowest BCUT2D eigenvalue weighted by atomic mass is 9.94. The number of rotatable bonds is 3. The molecule has 0 bridgehead atoms. The summed E-state index contributed by atoms with van der Waals surface area (Å²) in [5.74, 6) is -1.63. The Labute approximate surface area is 130 Å². The molecule has 1 atom stereocenters. The van der Waals surface area contributed by atoms with E-state index in [9.17, 15) is 14.0 Å². The van der Waals surface area contributed by atoms with Gasteiger partial charge in [-0.3, -0.25) is 4.79 Å². The molecule has 0 aromatic heterocycles. The van der Waals surface area contributed by atoms with Crippen molar-refractivity contribution in [2.45, 2.75) is 30.3 Å². The van der Waals surface area contributed by atoms with Gasteiger partial charge in [0.05, 0.1) is 12.0 Å². The quantitative estimate of drug-likeness (QED) is 0.906. The van der Waals surface area contributed by atoms with Crippen LogP contribution in [-0.2, 0) is 15.0 Å². The minimum Gasteiger partial charge on any atom is -0.479 e. The highest BCUT2D eigenvalue weighted by atomic mass is 79.9. The molecule has 1 N–H and O–H groups in total. The Bertz CT molecular complexity index is 599. The molecule has 1 heterocycles. The smallest absolute Gasteiger partial charge is 0.343 e. The normalized spacial score (nSPS) is 26.7. The Morgan fingerprint density at radius 3 is 2.29 bits per heavy atom. The summed E-state index contributed by atoms with van der Waals surface area (Å²) in [4.78, 5) is 25.0. The molecule has 2 aliphatic rings. The van der Waals surface area contributed by atoms with E-state index in [2.05, 4.69) is 15.9 Å². The van der Waals surface area contributed by atoms with Gasteiger partial charge >= 0.3 is 5.97 Å². The van der Waals surface area contributed by atoms with Crippen molar-refractivity contribution in [1.29, 1.82) is 0 Å². The van der Waals surface area contributed by atoms with Gasteiger partial charge in [0.25, 0.3) is 0 Å². The number of carboxylic acids is 1. The number of carbonyl (C=O) groups is 2. The summed E-state index contributed by atoms with van der Waals surface area (Å²) >= 11 is 3.36. The first kappa shape index (κ1) is 14.5. The lowest BCUT2D eigenvalue weighted by Crippen LogP contribution is -2.42. The van der Waals surface area contributed by atoms with E-state index in [1.165, 1.54) is 4.90 Å².